The number of nitrogens with zero attached hydrogens (tertiary/aromatic N) is 2. The standard InChI is InChI=1S/C30H37N3O6S/c1-6-17-31-30(35)23(3)32(20-24-12-10-11-22(2)18-24)29(34)21-33(40(36,37)26-13-8-7-9-14-26)27-19-25(38-4)15-16-28(27)39-5/h7-16,18-19,23H,6,17,20-21H2,1-5H3,(H,31,35)/t23-/m1/s1. The topological polar surface area (TPSA) is 105 Å². The summed E-state index contributed by atoms with van der Waals surface area (Å²) in [5.74, 6) is -0.239. The molecule has 214 valence electrons. The number of methoxy groups -OCH3 is 2. The highest BCUT2D eigenvalue weighted by atomic mass is 32.2. The summed E-state index contributed by atoms with van der Waals surface area (Å²) in [5.41, 5.74) is 1.96. The Balaban J connectivity index is 2.10. The van der Waals surface area contributed by atoms with Gasteiger partial charge in [0.15, 0.2) is 0 Å². The van der Waals surface area contributed by atoms with E-state index in [2.05, 4.69) is 5.32 Å². The number of anilines is 1. The summed E-state index contributed by atoms with van der Waals surface area (Å²) in [4.78, 5) is 28.4. The first-order valence-corrected chi connectivity index (χ1v) is 14.5. The molecule has 0 aromatic heterocycles. The van der Waals surface area contributed by atoms with E-state index < -0.39 is 28.5 Å². The molecular weight excluding hydrogens is 530 g/mol. The third kappa shape index (κ3) is 7.32. The Morgan fingerprint density at radius 1 is 0.950 bits per heavy atom. The van der Waals surface area contributed by atoms with Gasteiger partial charge in [-0.1, -0.05) is 55.0 Å². The minimum Gasteiger partial charge on any atom is -0.497 e. The summed E-state index contributed by atoms with van der Waals surface area (Å²) in [6.07, 6.45) is 0.739. The Morgan fingerprint density at radius 2 is 1.68 bits per heavy atom. The first kappa shape index (κ1) is 30.5. The van der Waals surface area contributed by atoms with E-state index in [9.17, 15) is 18.0 Å². The third-order valence-electron chi connectivity index (χ3n) is 6.42. The van der Waals surface area contributed by atoms with Crippen molar-refractivity contribution in [2.45, 2.75) is 44.7 Å². The van der Waals surface area contributed by atoms with Gasteiger partial charge in [-0.15, -0.1) is 0 Å². The first-order valence-electron chi connectivity index (χ1n) is 13.0. The van der Waals surface area contributed by atoms with Crippen LogP contribution in [-0.4, -0.2) is 58.5 Å². The van der Waals surface area contributed by atoms with Gasteiger partial charge in [0.1, 0.15) is 24.1 Å². The van der Waals surface area contributed by atoms with Gasteiger partial charge in [-0.3, -0.25) is 13.9 Å². The number of carbonyl (C=O) groups is 2. The zero-order chi connectivity index (χ0) is 29.3. The van der Waals surface area contributed by atoms with Crippen LogP contribution in [-0.2, 0) is 26.2 Å². The Morgan fingerprint density at radius 3 is 2.30 bits per heavy atom. The lowest BCUT2D eigenvalue weighted by Crippen LogP contribution is -2.51. The van der Waals surface area contributed by atoms with Gasteiger partial charge < -0.3 is 19.7 Å². The lowest BCUT2D eigenvalue weighted by molar-refractivity contribution is -0.139. The fraction of sp³-hybridized carbons (Fsp3) is 0.333. The second-order valence-corrected chi connectivity index (χ2v) is 11.2. The van der Waals surface area contributed by atoms with E-state index in [4.69, 9.17) is 9.47 Å². The number of rotatable bonds is 13. The maximum absolute atomic E-state index is 14.0. The average Bonchev–Trinajstić information content (AvgIpc) is 2.97. The van der Waals surface area contributed by atoms with E-state index in [-0.39, 0.29) is 28.8 Å². The molecule has 2 amide bonds. The Labute approximate surface area is 236 Å². The van der Waals surface area contributed by atoms with Crippen molar-refractivity contribution >= 4 is 27.5 Å². The minimum atomic E-state index is -4.23. The second-order valence-electron chi connectivity index (χ2n) is 9.34. The highest BCUT2D eigenvalue weighted by molar-refractivity contribution is 7.92. The van der Waals surface area contributed by atoms with Gasteiger partial charge in [0.25, 0.3) is 10.0 Å². The molecule has 0 aliphatic heterocycles. The van der Waals surface area contributed by atoms with Gasteiger partial charge in [0.05, 0.1) is 24.8 Å². The molecule has 0 unspecified atom stereocenters. The number of sulfonamides is 1. The molecule has 3 aromatic rings. The van der Waals surface area contributed by atoms with Crippen LogP contribution in [0.2, 0.25) is 0 Å². The van der Waals surface area contributed by atoms with E-state index in [1.54, 1.807) is 37.3 Å². The van der Waals surface area contributed by atoms with E-state index >= 15 is 0 Å². The molecule has 0 radical (unpaired) electrons. The zero-order valence-corrected chi connectivity index (χ0v) is 24.4. The van der Waals surface area contributed by atoms with Crippen LogP contribution in [0.4, 0.5) is 5.69 Å². The number of hydrogen-bond acceptors (Lipinski definition) is 6. The van der Waals surface area contributed by atoms with Crippen LogP contribution in [0.25, 0.3) is 0 Å². The largest absolute Gasteiger partial charge is 0.497 e. The van der Waals surface area contributed by atoms with Crippen LogP contribution < -0.4 is 19.1 Å². The van der Waals surface area contributed by atoms with Crippen molar-refractivity contribution in [2.24, 2.45) is 0 Å². The SMILES string of the molecule is CCCNC(=O)[C@@H](C)N(Cc1cccc(C)c1)C(=O)CN(c1cc(OC)ccc1OC)S(=O)(=O)c1ccccc1. The van der Waals surface area contributed by atoms with Crippen molar-refractivity contribution in [3.05, 3.63) is 83.9 Å². The summed E-state index contributed by atoms with van der Waals surface area (Å²) in [5, 5.41) is 2.84. The van der Waals surface area contributed by atoms with Gasteiger partial charge in [-0.05, 0) is 50.1 Å². The number of benzene rings is 3. The van der Waals surface area contributed by atoms with E-state index in [1.165, 1.54) is 37.3 Å². The number of carbonyl (C=O) groups excluding carboxylic acids is 2. The quantitative estimate of drug-likeness (QED) is 0.333. The lowest BCUT2D eigenvalue weighted by Gasteiger charge is -2.32. The molecule has 3 rings (SSSR count). The van der Waals surface area contributed by atoms with Gasteiger partial charge in [0.2, 0.25) is 11.8 Å². The number of aryl methyl sites for hydroxylation is 1. The molecule has 0 bridgehead atoms. The van der Waals surface area contributed by atoms with Crippen LogP contribution in [0.15, 0.2) is 77.7 Å². The van der Waals surface area contributed by atoms with E-state index in [0.29, 0.717) is 12.3 Å². The molecule has 3 aromatic carbocycles. The molecule has 0 heterocycles. The summed E-state index contributed by atoms with van der Waals surface area (Å²) in [7, 11) is -1.34. The van der Waals surface area contributed by atoms with E-state index in [1.807, 2.05) is 38.1 Å². The molecule has 0 saturated carbocycles. The molecule has 9 nitrogen and oxygen atoms in total. The van der Waals surface area contributed by atoms with Crippen LogP contribution in [0.5, 0.6) is 11.5 Å². The van der Waals surface area contributed by atoms with Gasteiger partial charge in [0, 0.05) is 19.2 Å². The van der Waals surface area contributed by atoms with Gasteiger partial charge in [-0.25, -0.2) is 8.42 Å². The minimum absolute atomic E-state index is 0.00615. The fourth-order valence-electron chi connectivity index (χ4n) is 4.21. The summed E-state index contributed by atoms with van der Waals surface area (Å²) < 4.78 is 39.8. The van der Waals surface area contributed by atoms with Gasteiger partial charge >= 0.3 is 0 Å². The first-order chi connectivity index (χ1) is 19.1. The predicted molar refractivity (Wildman–Crippen MR) is 155 cm³/mol. The molecule has 0 fully saturated rings. The molecule has 0 saturated heterocycles. The highest BCUT2D eigenvalue weighted by Crippen LogP contribution is 2.36. The van der Waals surface area contributed by atoms with E-state index in [0.717, 1.165) is 21.9 Å². The van der Waals surface area contributed by atoms with Crippen LogP contribution >= 0.6 is 0 Å². The number of ether oxygens (including phenoxy) is 2. The van der Waals surface area contributed by atoms with Crippen molar-refractivity contribution in [3.63, 3.8) is 0 Å². The van der Waals surface area contributed by atoms with Crippen molar-refractivity contribution in [1.29, 1.82) is 0 Å². The Kier molecular flexibility index (Phi) is 10.6. The van der Waals surface area contributed by atoms with Crippen LogP contribution in [0.3, 0.4) is 0 Å². The van der Waals surface area contributed by atoms with Crippen LogP contribution in [0.1, 0.15) is 31.4 Å². The van der Waals surface area contributed by atoms with Crippen LogP contribution in [0, 0.1) is 6.92 Å². The maximum atomic E-state index is 14.0. The lowest BCUT2D eigenvalue weighted by atomic mass is 10.1. The molecule has 1 N–H and O–H groups in total. The third-order valence-corrected chi connectivity index (χ3v) is 8.19. The van der Waals surface area contributed by atoms with Crippen molar-refractivity contribution in [1.82, 2.24) is 10.2 Å². The molecule has 10 heteroatoms. The van der Waals surface area contributed by atoms with Crippen molar-refractivity contribution < 1.29 is 27.5 Å². The van der Waals surface area contributed by atoms with Crippen molar-refractivity contribution in [3.8, 4) is 11.5 Å². The summed E-state index contributed by atoms with van der Waals surface area (Å²) in [6.45, 7) is 5.53. The monoisotopic (exact) mass is 567 g/mol. The maximum Gasteiger partial charge on any atom is 0.264 e. The molecule has 40 heavy (non-hydrogen) atoms. The second kappa shape index (κ2) is 13.8. The Hall–Kier alpha value is -4.05. The fourth-order valence-corrected chi connectivity index (χ4v) is 5.65. The molecule has 0 aliphatic carbocycles. The molecule has 0 aliphatic rings. The zero-order valence-electron chi connectivity index (χ0n) is 23.6. The Bertz CT molecular complexity index is 1410. The summed E-state index contributed by atoms with van der Waals surface area (Å²) in [6, 6.07) is 19.4. The molecule has 1 atom stereocenters. The predicted octanol–water partition coefficient (Wildman–Crippen LogP) is 4.15. The number of nitrogens with one attached hydrogen (secondary N) is 1. The summed E-state index contributed by atoms with van der Waals surface area (Å²) >= 11 is 0. The van der Waals surface area contributed by atoms with Gasteiger partial charge in [-0.2, -0.15) is 0 Å². The highest BCUT2D eigenvalue weighted by Gasteiger charge is 2.34. The number of amides is 2. The average molecular weight is 568 g/mol. The smallest absolute Gasteiger partial charge is 0.264 e. The molecule has 0 spiro atoms. The van der Waals surface area contributed by atoms with Crippen molar-refractivity contribution in [2.75, 3.05) is 31.6 Å². The molecular formula is C30H37N3O6S. The number of hydrogen-bond donors (Lipinski definition) is 1. The normalized spacial score (nSPS) is 11.8.